The molecule has 1 aromatic heterocycles. The number of rotatable bonds is 6. The molecule has 3 N–H and O–H groups in total. The van der Waals surface area contributed by atoms with Crippen molar-refractivity contribution in [1.29, 1.82) is 0 Å². The van der Waals surface area contributed by atoms with Gasteiger partial charge in [0.1, 0.15) is 11.5 Å². The first-order valence-electron chi connectivity index (χ1n) is 6.34. The molecule has 2 unspecified atom stereocenters. The van der Waals surface area contributed by atoms with Crippen molar-refractivity contribution in [1.82, 2.24) is 0 Å². The molecule has 0 aliphatic rings. The summed E-state index contributed by atoms with van der Waals surface area (Å²) in [5.41, 5.74) is 6.55. The zero-order chi connectivity index (χ0) is 14.5. The van der Waals surface area contributed by atoms with E-state index in [0.29, 0.717) is 18.0 Å². The van der Waals surface area contributed by atoms with Crippen molar-refractivity contribution in [3.8, 4) is 11.5 Å². The largest absolute Gasteiger partial charge is 0.497 e. The molecule has 0 spiro atoms. The quantitative estimate of drug-likeness (QED) is 0.859. The summed E-state index contributed by atoms with van der Waals surface area (Å²) in [6.45, 7) is 0.372. The number of ether oxygens (including phenoxy) is 2. The van der Waals surface area contributed by atoms with Crippen LogP contribution in [0.15, 0.2) is 35.7 Å². The number of benzene rings is 1. The van der Waals surface area contributed by atoms with Crippen molar-refractivity contribution in [3.63, 3.8) is 0 Å². The molecule has 1 heterocycles. The van der Waals surface area contributed by atoms with Crippen LogP contribution in [-0.2, 0) is 0 Å². The summed E-state index contributed by atoms with van der Waals surface area (Å²) in [4.78, 5) is 1.07. The fourth-order valence-electron chi connectivity index (χ4n) is 2.18. The molecule has 0 radical (unpaired) electrons. The van der Waals surface area contributed by atoms with E-state index >= 15 is 0 Å². The van der Waals surface area contributed by atoms with Crippen LogP contribution in [0.4, 0.5) is 0 Å². The highest BCUT2D eigenvalue weighted by atomic mass is 32.1. The van der Waals surface area contributed by atoms with E-state index in [1.807, 2.05) is 29.6 Å². The van der Waals surface area contributed by atoms with Crippen LogP contribution < -0.4 is 15.2 Å². The van der Waals surface area contributed by atoms with Crippen LogP contribution >= 0.6 is 11.3 Å². The van der Waals surface area contributed by atoms with Gasteiger partial charge in [0.05, 0.1) is 20.3 Å². The minimum Gasteiger partial charge on any atom is -0.497 e. The average molecular weight is 293 g/mol. The number of aliphatic hydroxyl groups is 1. The fraction of sp³-hybridized carbons (Fsp3) is 0.333. The van der Waals surface area contributed by atoms with Crippen LogP contribution in [0, 0.1) is 0 Å². The van der Waals surface area contributed by atoms with Gasteiger partial charge in [0.2, 0.25) is 0 Å². The van der Waals surface area contributed by atoms with Gasteiger partial charge in [-0.05, 0) is 23.6 Å². The Morgan fingerprint density at radius 3 is 2.60 bits per heavy atom. The highest BCUT2D eigenvalue weighted by Gasteiger charge is 2.25. The maximum Gasteiger partial charge on any atom is 0.128 e. The first-order chi connectivity index (χ1) is 9.71. The summed E-state index contributed by atoms with van der Waals surface area (Å²) < 4.78 is 10.5. The van der Waals surface area contributed by atoms with E-state index in [4.69, 9.17) is 15.2 Å². The third-order valence-corrected chi connectivity index (χ3v) is 4.31. The Kier molecular flexibility index (Phi) is 5.00. The highest BCUT2D eigenvalue weighted by molar-refractivity contribution is 7.10. The van der Waals surface area contributed by atoms with Gasteiger partial charge in [-0.1, -0.05) is 6.07 Å². The standard InChI is InChI=1S/C15H19NO3S/c1-18-10-5-6-11(13(8-10)19-2)15(17)12(9-16)14-4-3-7-20-14/h3-8,12,15,17H,9,16H2,1-2H3. The smallest absolute Gasteiger partial charge is 0.128 e. The minimum atomic E-state index is -0.709. The van der Waals surface area contributed by atoms with Gasteiger partial charge in [-0.25, -0.2) is 0 Å². The molecular formula is C15H19NO3S. The van der Waals surface area contributed by atoms with Gasteiger partial charge in [0.15, 0.2) is 0 Å². The van der Waals surface area contributed by atoms with E-state index in [1.165, 1.54) is 0 Å². The topological polar surface area (TPSA) is 64.7 Å². The third kappa shape index (κ3) is 2.95. The van der Waals surface area contributed by atoms with Crippen LogP contribution in [0.5, 0.6) is 11.5 Å². The van der Waals surface area contributed by atoms with E-state index in [0.717, 1.165) is 10.4 Å². The molecule has 5 heteroatoms. The van der Waals surface area contributed by atoms with Crippen molar-refractivity contribution < 1.29 is 14.6 Å². The van der Waals surface area contributed by atoms with E-state index in [9.17, 15) is 5.11 Å². The average Bonchev–Trinajstić information content (AvgIpc) is 3.01. The molecule has 0 saturated carbocycles. The second-order valence-corrected chi connectivity index (χ2v) is 5.39. The second-order valence-electron chi connectivity index (χ2n) is 4.41. The van der Waals surface area contributed by atoms with Gasteiger partial charge in [-0.2, -0.15) is 0 Å². The van der Waals surface area contributed by atoms with Crippen LogP contribution in [0.1, 0.15) is 22.5 Å². The molecule has 2 aromatic rings. The molecule has 2 atom stereocenters. The predicted molar refractivity (Wildman–Crippen MR) is 80.6 cm³/mol. The van der Waals surface area contributed by atoms with E-state index in [2.05, 4.69) is 0 Å². The van der Waals surface area contributed by atoms with Crippen molar-refractivity contribution in [2.75, 3.05) is 20.8 Å². The van der Waals surface area contributed by atoms with Gasteiger partial charge in [0, 0.05) is 29.0 Å². The molecular weight excluding hydrogens is 274 g/mol. The molecule has 0 bridgehead atoms. The van der Waals surface area contributed by atoms with Crippen LogP contribution in [-0.4, -0.2) is 25.9 Å². The molecule has 2 rings (SSSR count). The van der Waals surface area contributed by atoms with Crippen LogP contribution in [0.25, 0.3) is 0 Å². The molecule has 1 aromatic carbocycles. The van der Waals surface area contributed by atoms with Gasteiger partial charge in [-0.15, -0.1) is 11.3 Å². The molecule has 20 heavy (non-hydrogen) atoms. The number of hydrogen-bond acceptors (Lipinski definition) is 5. The minimum absolute atomic E-state index is 0.141. The van der Waals surface area contributed by atoms with Crippen molar-refractivity contribution in [2.45, 2.75) is 12.0 Å². The lowest BCUT2D eigenvalue weighted by molar-refractivity contribution is 0.145. The zero-order valence-electron chi connectivity index (χ0n) is 11.6. The summed E-state index contributed by atoms with van der Waals surface area (Å²) in [7, 11) is 3.17. The van der Waals surface area contributed by atoms with Crippen molar-refractivity contribution >= 4 is 11.3 Å². The molecule has 108 valence electrons. The molecule has 0 fully saturated rings. The summed E-state index contributed by atoms with van der Waals surface area (Å²) in [5.74, 6) is 1.15. The molecule has 0 saturated heterocycles. The number of thiophene rings is 1. The predicted octanol–water partition coefficient (Wildman–Crippen LogP) is 2.54. The van der Waals surface area contributed by atoms with E-state index < -0.39 is 6.10 Å². The Bertz CT molecular complexity index is 542. The van der Waals surface area contributed by atoms with Crippen molar-refractivity contribution in [3.05, 3.63) is 46.2 Å². The number of nitrogens with two attached hydrogens (primary N) is 1. The number of aliphatic hydroxyl groups excluding tert-OH is 1. The zero-order valence-corrected chi connectivity index (χ0v) is 12.4. The maximum absolute atomic E-state index is 10.6. The summed E-state index contributed by atoms with van der Waals surface area (Å²) in [5, 5.41) is 12.6. The van der Waals surface area contributed by atoms with Gasteiger partial charge in [0.25, 0.3) is 0 Å². The fourth-order valence-corrected chi connectivity index (χ4v) is 3.05. The molecule has 0 aliphatic carbocycles. The Morgan fingerprint density at radius 1 is 1.25 bits per heavy atom. The van der Waals surface area contributed by atoms with Gasteiger partial charge in [-0.3, -0.25) is 0 Å². The summed E-state index contributed by atoms with van der Waals surface area (Å²) in [6, 6.07) is 9.34. The lowest BCUT2D eigenvalue weighted by Gasteiger charge is -2.22. The molecule has 0 amide bonds. The normalized spacial score (nSPS) is 13.8. The van der Waals surface area contributed by atoms with Crippen LogP contribution in [0.3, 0.4) is 0 Å². The SMILES string of the molecule is COc1ccc(C(O)C(CN)c2cccs2)c(OC)c1. The monoisotopic (exact) mass is 293 g/mol. The lowest BCUT2D eigenvalue weighted by Crippen LogP contribution is -2.19. The van der Waals surface area contributed by atoms with Crippen molar-refractivity contribution in [2.24, 2.45) is 5.73 Å². The Labute approximate surface area is 122 Å². The Morgan fingerprint density at radius 2 is 2.05 bits per heavy atom. The maximum atomic E-state index is 10.6. The van der Waals surface area contributed by atoms with E-state index in [-0.39, 0.29) is 5.92 Å². The first kappa shape index (κ1) is 14.8. The van der Waals surface area contributed by atoms with Gasteiger partial charge < -0.3 is 20.3 Å². The Hall–Kier alpha value is -1.56. The highest BCUT2D eigenvalue weighted by Crippen LogP contribution is 2.38. The molecule has 4 nitrogen and oxygen atoms in total. The van der Waals surface area contributed by atoms with Crippen LogP contribution in [0.2, 0.25) is 0 Å². The number of hydrogen-bond donors (Lipinski definition) is 2. The summed E-state index contributed by atoms with van der Waals surface area (Å²) >= 11 is 1.59. The second kappa shape index (κ2) is 6.74. The lowest BCUT2D eigenvalue weighted by atomic mass is 9.93. The Balaban J connectivity index is 2.34. The molecule has 0 aliphatic heterocycles. The summed E-state index contributed by atoms with van der Waals surface area (Å²) in [6.07, 6.45) is -0.709. The third-order valence-electron chi connectivity index (χ3n) is 3.30. The number of methoxy groups -OCH3 is 2. The van der Waals surface area contributed by atoms with Gasteiger partial charge >= 0.3 is 0 Å². The first-order valence-corrected chi connectivity index (χ1v) is 7.22. The van der Waals surface area contributed by atoms with E-state index in [1.54, 1.807) is 31.6 Å².